The van der Waals surface area contributed by atoms with Crippen LogP contribution in [-0.4, -0.2) is 6.04 Å². The molecular weight excluding hydrogens is 206 g/mol. The van der Waals surface area contributed by atoms with Crippen LogP contribution >= 0.6 is 0 Å². The molecule has 0 amide bonds. The van der Waals surface area contributed by atoms with E-state index in [-0.39, 0.29) is 0 Å². The normalized spacial score (nSPS) is 19.1. The van der Waals surface area contributed by atoms with Gasteiger partial charge in [-0.25, -0.2) is 0 Å². The van der Waals surface area contributed by atoms with Crippen LogP contribution in [0.15, 0.2) is 30.3 Å². The van der Waals surface area contributed by atoms with E-state index < -0.39 is 0 Å². The third kappa shape index (κ3) is 4.51. The van der Waals surface area contributed by atoms with Crippen molar-refractivity contribution in [1.82, 2.24) is 0 Å². The summed E-state index contributed by atoms with van der Waals surface area (Å²) in [6.07, 6.45) is 10.8. The summed E-state index contributed by atoms with van der Waals surface area (Å²) in [4.78, 5) is 0. The van der Waals surface area contributed by atoms with E-state index in [0.29, 0.717) is 6.04 Å². The molecule has 2 rings (SSSR count). The molecule has 1 aliphatic carbocycles. The molecule has 17 heavy (non-hydrogen) atoms. The van der Waals surface area contributed by atoms with Gasteiger partial charge in [-0.3, -0.25) is 0 Å². The molecule has 1 aromatic carbocycles. The van der Waals surface area contributed by atoms with Crippen LogP contribution in [0, 0.1) is 5.92 Å². The first-order valence-electron chi connectivity index (χ1n) is 7.14. The van der Waals surface area contributed by atoms with E-state index in [1.165, 1.54) is 50.5 Å². The third-order valence-electron chi connectivity index (χ3n) is 4.01. The molecule has 0 saturated heterocycles. The smallest absolute Gasteiger partial charge is 0.00794 e. The van der Waals surface area contributed by atoms with Gasteiger partial charge in [-0.1, -0.05) is 62.4 Å². The van der Waals surface area contributed by atoms with Crippen LogP contribution in [-0.2, 0) is 6.42 Å². The molecule has 1 fully saturated rings. The molecule has 2 N–H and O–H groups in total. The van der Waals surface area contributed by atoms with Gasteiger partial charge in [-0.2, -0.15) is 0 Å². The van der Waals surface area contributed by atoms with Crippen LogP contribution < -0.4 is 5.73 Å². The number of rotatable bonds is 5. The zero-order chi connectivity index (χ0) is 11.9. The molecule has 0 radical (unpaired) electrons. The second-order valence-electron chi connectivity index (χ2n) is 5.53. The number of nitrogens with two attached hydrogens (primary N) is 1. The van der Waals surface area contributed by atoms with Gasteiger partial charge >= 0.3 is 0 Å². The predicted octanol–water partition coefficient (Wildman–Crippen LogP) is 3.92. The zero-order valence-electron chi connectivity index (χ0n) is 10.8. The Morgan fingerprint density at radius 3 is 2.47 bits per heavy atom. The van der Waals surface area contributed by atoms with Gasteiger partial charge in [0.25, 0.3) is 0 Å². The molecule has 1 aliphatic rings. The van der Waals surface area contributed by atoms with Crippen LogP contribution in [0.1, 0.15) is 50.5 Å². The van der Waals surface area contributed by atoms with E-state index in [4.69, 9.17) is 5.73 Å². The van der Waals surface area contributed by atoms with E-state index in [0.717, 1.165) is 12.3 Å². The lowest BCUT2D eigenvalue weighted by molar-refractivity contribution is 0.323. The van der Waals surface area contributed by atoms with Crippen molar-refractivity contribution in [3.05, 3.63) is 35.9 Å². The highest BCUT2D eigenvalue weighted by Gasteiger charge is 2.14. The quantitative estimate of drug-likeness (QED) is 0.816. The molecule has 0 aliphatic heterocycles. The summed E-state index contributed by atoms with van der Waals surface area (Å²) in [7, 11) is 0. The van der Waals surface area contributed by atoms with Gasteiger partial charge in [0, 0.05) is 6.04 Å². The Kier molecular flexibility index (Phi) is 5.06. The molecule has 94 valence electrons. The maximum atomic E-state index is 6.22. The molecule has 1 nitrogen and oxygen atoms in total. The lowest BCUT2D eigenvalue weighted by Gasteiger charge is -2.23. The van der Waals surface area contributed by atoms with Crippen molar-refractivity contribution < 1.29 is 0 Å². The van der Waals surface area contributed by atoms with Crippen LogP contribution in [0.5, 0.6) is 0 Å². The second-order valence-corrected chi connectivity index (χ2v) is 5.53. The van der Waals surface area contributed by atoms with E-state index in [1.54, 1.807) is 0 Å². The molecular formula is C16H25N. The average Bonchev–Trinajstić information content (AvgIpc) is 2.39. The minimum absolute atomic E-state index is 0.347. The van der Waals surface area contributed by atoms with E-state index >= 15 is 0 Å². The Morgan fingerprint density at radius 1 is 1.06 bits per heavy atom. The molecule has 0 heterocycles. The van der Waals surface area contributed by atoms with Gasteiger partial charge in [-0.15, -0.1) is 0 Å². The van der Waals surface area contributed by atoms with Gasteiger partial charge in [0.2, 0.25) is 0 Å². The van der Waals surface area contributed by atoms with Crippen molar-refractivity contribution in [2.45, 2.75) is 57.4 Å². The first kappa shape index (κ1) is 12.6. The highest BCUT2D eigenvalue weighted by atomic mass is 14.6. The first-order valence-corrected chi connectivity index (χ1v) is 7.14. The Balaban J connectivity index is 1.68. The summed E-state index contributed by atoms with van der Waals surface area (Å²) >= 11 is 0. The minimum Gasteiger partial charge on any atom is -0.327 e. The lowest BCUT2D eigenvalue weighted by atomic mass is 9.85. The van der Waals surface area contributed by atoms with Crippen LogP contribution in [0.2, 0.25) is 0 Å². The maximum Gasteiger partial charge on any atom is 0.00794 e. The van der Waals surface area contributed by atoms with Crippen LogP contribution in [0.4, 0.5) is 0 Å². The maximum absolute atomic E-state index is 6.22. The second kappa shape index (κ2) is 6.80. The SMILES string of the molecule is NC(CCC1CCCCC1)Cc1ccccc1. The summed E-state index contributed by atoms with van der Waals surface area (Å²) in [6, 6.07) is 11.0. The molecule has 1 saturated carbocycles. The third-order valence-corrected chi connectivity index (χ3v) is 4.01. The fourth-order valence-electron chi connectivity index (χ4n) is 2.94. The topological polar surface area (TPSA) is 26.0 Å². The van der Waals surface area contributed by atoms with Crippen LogP contribution in [0.3, 0.4) is 0 Å². The number of benzene rings is 1. The minimum atomic E-state index is 0.347. The highest BCUT2D eigenvalue weighted by molar-refractivity contribution is 5.15. The van der Waals surface area contributed by atoms with Gasteiger partial charge in [-0.05, 0) is 30.7 Å². The Bertz CT molecular complexity index is 301. The fraction of sp³-hybridized carbons (Fsp3) is 0.625. The summed E-state index contributed by atoms with van der Waals surface area (Å²) in [6.45, 7) is 0. The Labute approximate surface area is 105 Å². The van der Waals surface area contributed by atoms with Gasteiger partial charge in [0.15, 0.2) is 0 Å². The van der Waals surface area contributed by atoms with E-state index in [2.05, 4.69) is 30.3 Å². The molecule has 1 aromatic rings. The molecule has 0 aromatic heterocycles. The average molecular weight is 231 g/mol. The summed E-state index contributed by atoms with van der Waals surface area (Å²) in [5, 5.41) is 0. The van der Waals surface area contributed by atoms with Gasteiger partial charge in [0.05, 0.1) is 0 Å². The standard InChI is InChI=1S/C16H25N/c17-16(13-15-9-5-2-6-10-15)12-11-14-7-3-1-4-8-14/h2,5-6,9-10,14,16H,1,3-4,7-8,11-13,17H2. The summed E-state index contributed by atoms with van der Waals surface area (Å²) < 4.78 is 0. The molecule has 1 unspecified atom stereocenters. The Hall–Kier alpha value is -0.820. The summed E-state index contributed by atoms with van der Waals surface area (Å²) in [5.74, 6) is 0.963. The summed E-state index contributed by atoms with van der Waals surface area (Å²) in [5.41, 5.74) is 7.60. The van der Waals surface area contributed by atoms with Crippen molar-refractivity contribution in [3.8, 4) is 0 Å². The first-order chi connectivity index (χ1) is 8.34. The highest BCUT2D eigenvalue weighted by Crippen LogP contribution is 2.27. The molecule has 0 bridgehead atoms. The zero-order valence-corrected chi connectivity index (χ0v) is 10.8. The van der Waals surface area contributed by atoms with Gasteiger partial charge in [0.1, 0.15) is 0 Å². The lowest BCUT2D eigenvalue weighted by Crippen LogP contribution is -2.24. The van der Waals surface area contributed by atoms with Gasteiger partial charge < -0.3 is 5.73 Å². The van der Waals surface area contributed by atoms with E-state index in [1.807, 2.05) is 0 Å². The van der Waals surface area contributed by atoms with Crippen molar-refractivity contribution in [3.63, 3.8) is 0 Å². The predicted molar refractivity (Wildman–Crippen MR) is 73.9 cm³/mol. The van der Waals surface area contributed by atoms with Crippen molar-refractivity contribution >= 4 is 0 Å². The molecule has 0 spiro atoms. The number of hydrogen-bond acceptors (Lipinski definition) is 1. The molecule has 1 heteroatoms. The number of hydrogen-bond donors (Lipinski definition) is 1. The van der Waals surface area contributed by atoms with Crippen molar-refractivity contribution in [1.29, 1.82) is 0 Å². The monoisotopic (exact) mass is 231 g/mol. The van der Waals surface area contributed by atoms with Crippen molar-refractivity contribution in [2.24, 2.45) is 11.7 Å². The fourth-order valence-corrected chi connectivity index (χ4v) is 2.94. The van der Waals surface area contributed by atoms with Crippen LogP contribution in [0.25, 0.3) is 0 Å². The molecule has 1 atom stereocenters. The Morgan fingerprint density at radius 2 is 1.76 bits per heavy atom. The largest absolute Gasteiger partial charge is 0.327 e. The van der Waals surface area contributed by atoms with E-state index in [9.17, 15) is 0 Å². The van der Waals surface area contributed by atoms with Crippen molar-refractivity contribution in [2.75, 3.05) is 0 Å².